The molecule has 1 fully saturated rings. The van der Waals surface area contributed by atoms with Crippen LogP contribution in [0.1, 0.15) is 5.56 Å². The molecule has 3 amide bonds. The Morgan fingerprint density at radius 3 is 2.48 bits per heavy atom. The van der Waals surface area contributed by atoms with Gasteiger partial charge in [0.25, 0.3) is 5.91 Å². The maximum Gasteiger partial charge on any atom is 0.327 e. The van der Waals surface area contributed by atoms with Crippen LogP contribution in [0.15, 0.2) is 54.7 Å². The normalized spacial score (nSPS) is 18.8. The number of carbonyl (C=O) groups is 2. The molecular formula is C24H29N3O5Si. The summed E-state index contributed by atoms with van der Waals surface area (Å²) in [7, 11) is -1.30. The van der Waals surface area contributed by atoms with Gasteiger partial charge < -0.3 is 24.8 Å². The van der Waals surface area contributed by atoms with Crippen molar-refractivity contribution in [1.82, 2.24) is 14.8 Å². The number of nitrogens with one attached hydrogen (secondary N) is 1. The van der Waals surface area contributed by atoms with E-state index in [0.717, 1.165) is 10.9 Å². The second kappa shape index (κ2) is 8.57. The van der Waals surface area contributed by atoms with E-state index >= 15 is 0 Å². The Labute approximate surface area is 193 Å². The molecule has 1 aromatic heterocycles. The molecule has 0 spiro atoms. The van der Waals surface area contributed by atoms with E-state index in [2.05, 4.69) is 25.0 Å². The number of benzene rings is 2. The first kappa shape index (κ1) is 22.9. The van der Waals surface area contributed by atoms with Crippen LogP contribution in [0.4, 0.5) is 4.79 Å². The number of nitrogens with zero attached hydrogens (tertiary/aromatic N) is 2. The van der Waals surface area contributed by atoms with Gasteiger partial charge >= 0.3 is 6.03 Å². The molecule has 33 heavy (non-hydrogen) atoms. The fraction of sp³-hybridized carbons (Fsp3) is 0.333. The van der Waals surface area contributed by atoms with Crippen LogP contribution in [-0.4, -0.2) is 53.0 Å². The molecule has 3 aromatic rings. The van der Waals surface area contributed by atoms with Crippen molar-refractivity contribution in [3.63, 3.8) is 0 Å². The Kier molecular flexibility index (Phi) is 5.94. The summed E-state index contributed by atoms with van der Waals surface area (Å²) in [6.45, 7) is 7.04. The highest BCUT2D eigenvalue weighted by atomic mass is 28.3. The average molecular weight is 468 g/mol. The zero-order valence-corrected chi connectivity index (χ0v) is 20.0. The Morgan fingerprint density at radius 1 is 1.06 bits per heavy atom. The smallest absolute Gasteiger partial charge is 0.327 e. The molecule has 2 aromatic carbocycles. The Balaban J connectivity index is 1.66. The van der Waals surface area contributed by atoms with Crippen molar-refractivity contribution >= 4 is 30.8 Å². The standard InChI is InChI=1S/C24H29N3O5Si/c1-33(2,3)12-11-32-16-27-22(30)24(25-23(27)31,18-7-5-4-6-8-18)15-26-14-17-9-10-19(28)13-20(17)21(26)29/h4-10,13-14,28-29H,11-12,15-16H2,1-3H3,(H,25,31)/t24-/m0/s1. The lowest BCUT2D eigenvalue weighted by molar-refractivity contribution is -0.135. The van der Waals surface area contributed by atoms with Crippen LogP contribution in [-0.2, 0) is 21.6 Å². The molecule has 174 valence electrons. The third kappa shape index (κ3) is 4.46. The molecule has 4 rings (SSSR count). The quantitative estimate of drug-likeness (QED) is 0.265. The maximum absolute atomic E-state index is 13.7. The Bertz CT molecular complexity index is 1190. The number of amides is 3. The zero-order valence-electron chi connectivity index (χ0n) is 19.0. The van der Waals surface area contributed by atoms with Gasteiger partial charge in [0.2, 0.25) is 0 Å². The average Bonchev–Trinajstić information content (AvgIpc) is 3.19. The van der Waals surface area contributed by atoms with Crippen molar-refractivity contribution in [2.24, 2.45) is 0 Å². The van der Waals surface area contributed by atoms with Crippen molar-refractivity contribution in [1.29, 1.82) is 0 Å². The van der Waals surface area contributed by atoms with E-state index in [1.165, 1.54) is 16.7 Å². The van der Waals surface area contributed by atoms with Gasteiger partial charge in [-0.05, 0) is 29.8 Å². The van der Waals surface area contributed by atoms with E-state index in [4.69, 9.17) is 4.74 Å². The largest absolute Gasteiger partial charge is 0.508 e. The molecular weight excluding hydrogens is 438 g/mol. The molecule has 0 bridgehead atoms. The molecule has 0 aliphatic carbocycles. The fourth-order valence-corrected chi connectivity index (χ4v) is 4.76. The molecule has 0 unspecified atom stereocenters. The van der Waals surface area contributed by atoms with Crippen LogP contribution < -0.4 is 5.32 Å². The lowest BCUT2D eigenvalue weighted by atomic mass is 9.89. The summed E-state index contributed by atoms with van der Waals surface area (Å²) in [6.07, 6.45) is 1.70. The van der Waals surface area contributed by atoms with Crippen LogP contribution in [0, 0.1) is 0 Å². The lowest BCUT2D eigenvalue weighted by Crippen LogP contribution is -2.47. The van der Waals surface area contributed by atoms with Crippen molar-refractivity contribution in [3.8, 4) is 11.6 Å². The second-order valence-corrected chi connectivity index (χ2v) is 15.3. The van der Waals surface area contributed by atoms with Crippen molar-refractivity contribution in [3.05, 3.63) is 60.3 Å². The number of rotatable bonds is 8. The third-order valence-electron chi connectivity index (χ3n) is 5.91. The molecule has 2 heterocycles. The van der Waals surface area contributed by atoms with E-state index in [-0.39, 0.29) is 24.9 Å². The Morgan fingerprint density at radius 2 is 1.79 bits per heavy atom. The summed E-state index contributed by atoms with van der Waals surface area (Å²) in [5.74, 6) is -0.505. The third-order valence-corrected chi connectivity index (χ3v) is 7.62. The SMILES string of the molecule is C[Si](C)(C)CCOCN1C(=O)N[C@@](Cn2cc3ccc(O)cc3c2O)(c2ccccc2)C1=O. The molecule has 9 heteroatoms. The maximum atomic E-state index is 13.7. The highest BCUT2D eigenvalue weighted by Crippen LogP contribution is 2.36. The number of aromatic nitrogens is 1. The number of urea groups is 1. The van der Waals surface area contributed by atoms with Crippen molar-refractivity contribution < 1.29 is 24.5 Å². The molecule has 8 nitrogen and oxygen atoms in total. The van der Waals surface area contributed by atoms with Crippen molar-refractivity contribution in [2.75, 3.05) is 13.3 Å². The predicted molar refractivity (Wildman–Crippen MR) is 128 cm³/mol. The van der Waals surface area contributed by atoms with Gasteiger partial charge in [0.1, 0.15) is 12.5 Å². The van der Waals surface area contributed by atoms with Gasteiger partial charge in [0.15, 0.2) is 11.4 Å². The second-order valence-electron chi connectivity index (χ2n) is 9.63. The summed E-state index contributed by atoms with van der Waals surface area (Å²) in [5.41, 5.74) is -0.803. The molecule has 0 saturated carbocycles. The van der Waals surface area contributed by atoms with E-state index in [0.29, 0.717) is 22.9 Å². The monoisotopic (exact) mass is 467 g/mol. The van der Waals surface area contributed by atoms with Gasteiger partial charge in [-0.3, -0.25) is 4.79 Å². The van der Waals surface area contributed by atoms with Gasteiger partial charge in [-0.15, -0.1) is 0 Å². The van der Waals surface area contributed by atoms with Crippen LogP contribution in [0.3, 0.4) is 0 Å². The lowest BCUT2D eigenvalue weighted by Gasteiger charge is -2.28. The highest BCUT2D eigenvalue weighted by molar-refractivity contribution is 6.76. The van der Waals surface area contributed by atoms with Gasteiger partial charge in [0.05, 0.1) is 6.54 Å². The van der Waals surface area contributed by atoms with E-state index < -0.39 is 25.6 Å². The van der Waals surface area contributed by atoms with Crippen molar-refractivity contribution in [2.45, 2.75) is 37.8 Å². The van der Waals surface area contributed by atoms with Gasteiger partial charge in [0, 0.05) is 31.7 Å². The topological polar surface area (TPSA) is 104 Å². The molecule has 3 N–H and O–H groups in total. The number of imide groups is 1. The van der Waals surface area contributed by atoms with Gasteiger partial charge in [-0.25, -0.2) is 9.69 Å². The van der Waals surface area contributed by atoms with E-state index in [1.54, 1.807) is 36.5 Å². The molecule has 1 saturated heterocycles. The number of carbonyl (C=O) groups excluding carboxylic acids is 2. The molecule has 1 aliphatic heterocycles. The molecule has 0 radical (unpaired) electrons. The highest BCUT2D eigenvalue weighted by Gasteiger charge is 2.53. The minimum Gasteiger partial charge on any atom is -0.508 e. The number of hydrogen-bond acceptors (Lipinski definition) is 5. The van der Waals surface area contributed by atoms with Crippen LogP contribution in [0.25, 0.3) is 10.8 Å². The first-order chi connectivity index (χ1) is 15.6. The van der Waals surface area contributed by atoms with Crippen LogP contribution >= 0.6 is 0 Å². The summed E-state index contributed by atoms with van der Waals surface area (Å²) >= 11 is 0. The van der Waals surface area contributed by atoms with Gasteiger partial charge in [-0.1, -0.05) is 50.0 Å². The zero-order chi connectivity index (χ0) is 23.8. The molecule has 1 aliphatic rings. The minimum atomic E-state index is -1.41. The van der Waals surface area contributed by atoms with Crippen LogP contribution in [0.2, 0.25) is 25.7 Å². The first-order valence-corrected chi connectivity index (χ1v) is 14.6. The van der Waals surface area contributed by atoms with E-state index in [1.807, 2.05) is 6.07 Å². The minimum absolute atomic E-state index is 0.0196. The first-order valence-electron chi connectivity index (χ1n) is 10.9. The number of ether oxygens (including phenoxy) is 1. The number of phenols is 1. The number of hydrogen-bond donors (Lipinski definition) is 3. The number of phenolic OH excluding ortho intramolecular Hbond substituents is 1. The van der Waals surface area contributed by atoms with Gasteiger partial charge in [-0.2, -0.15) is 0 Å². The Hall–Kier alpha value is -3.30. The van der Waals surface area contributed by atoms with Crippen LogP contribution in [0.5, 0.6) is 11.6 Å². The summed E-state index contributed by atoms with van der Waals surface area (Å²) in [4.78, 5) is 27.6. The summed E-state index contributed by atoms with van der Waals surface area (Å²) < 4.78 is 7.21. The summed E-state index contributed by atoms with van der Waals surface area (Å²) in [5, 5.41) is 24.6. The number of fused-ring (bicyclic) bond motifs is 1. The molecule has 1 atom stereocenters. The number of aromatic hydroxyl groups is 2. The predicted octanol–water partition coefficient (Wildman–Crippen LogP) is 3.81. The summed E-state index contributed by atoms with van der Waals surface area (Å²) in [6, 6.07) is 14.1. The van der Waals surface area contributed by atoms with E-state index in [9.17, 15) is 19.8 Å². The fourth-order valence-electron chi connectivity index (χ4n) is 4.00.